The number of benzene rings is 2. The second-order valence-electron chi connectivity index (χ2n) is 5.78. The maximum Gasteiger partial charge on any atom is 0.141 e. The van der Waals surface area contributed by atoms with Crippen LogP contribution in [-0.4, -0.2) is 9.97 Å². The van der Waals surface area contributed by atoms with E-state index >= 15 is 0 Å². The lowest BCUT2D eigenvalue weighted by Crippen LogP contribution is -1.98. The third-order valence-corrected chi connectivity index (χ3v) is 5.66. The molecule has 2 aromatic carbocycles. The van der Waals surface area contributed by atoms with Crippen LogP contribution in [0.15, 0.2) is 36.7 Å². The summed E-state index contributed by atoms with van der Waals surface area (Å²) in [4.78, 5) is 8.88. The van der Waals surface area contributed by atoms with Crippen LogP contribution in [0.2, 0.25) is 0 Å². The Kier molecular flexibility index (Phi) is 4.73. The lowest BCUT2D eigenvalue weighted by atomic mass is 10.1. The first-order chi connectivity index (χ1) is 10.7. The van der Waals surface area contributed by atoms with Crippen LogP contribution in [0.25, 0.3) is 10.9 Å². The van der Waals surface area contributed by atoms with Crippen molar-refractivity contribution >= 4 is 57.4 Å². The van der Waals surface area contributed by atoms with Crippen molar-refractivity contribution in [2.45, 2.75) is 26.2 Å². The van der Waals surface area contributed by atoms with E-state index in [2.05, 4.69) is 75.1 Å². The minimum Gasteiger partial charge on any atom is -0.340 e. The summed E-state index contributed by atoms with van der Waals surface area (Å²) >= 11 is 2.36. The van der Waals surface area contributed by atoms with Crippen molar-refractivity contribution < 1.29 is 0 Å². The molecule has 1 heterocycles. The molecule has 0 bridgehead atoms. The van der Waals surface area contributed by atoms with Gasteiger partial charge in [0.25, 0.3) is 0 Å². The lowest BCUT2D eigenvalue weighted by Gasteiger charge is -2.11. The van der Waals surface area contributed by atoms with Crippen molar-refractivity contribution in [3.05, 3.63) is 56.9 Å². The number of nitrogens with zero attached hydrogens (tertiary/aromatic N) is 2. The van der Waals surface area contributed by atoms with Crippen LogP contribution in [0.5, 0.6) is 0 Å². The minimum atomic E-state index is 0. The smallest absolute Gasteiger partial charge is 0.141 e. The zero-order chi connectivity index (χ0) is 15.1. The Bertz CT molecular complexity index is 880. The summed E-state index contributed by atoms with van der Waals surface area (Å²) in [5, 5.41) is 4.54. The molecule has 1 aliphatic carbocycles. The molecule has 0 atom stereocenters. The van der Waals surface area contributed by atoms with E-state index in [9.17, 15) is 0 Å². The van der Waals surface area contributed by atoms with E-state index in [0.717, 1.165) is 22.4 Å². The van der Waals surface area contributed by atoms with Gasteiger partial charge in [-0.15, -0.1) is 12.4 Å². The topological polar surface area (TPSA) is 37.8 Å². The molecule has 0 aliphatic heterocycles. The Morgan fingerprint density at radius 1 is 1.04 bits per heavy atom. The van der Waals surface area contributed by atoms with Gasteiger partial charge in [-0.2, -0.15) is 0 Å². The normalized spacial score (nSPS) is 12.8. The number of halogens is 2. The molecule has 0 amide bonds. The zero-order valence-corrected chi connectivity index (χ0v) is 15.7. The molecule has 0 unspecified atom stereocenters. The fourth-order valence-electron chi connectivity index (χ4n) is 3.08. The first kappa shape index (κ1) is 16.5. The number of anilines is 2. The van der Waals surface area contributed by atoms with Gasteiger partial charge in [0, 0.05) is 14.6 Å². The molecule has 0 fully saturated rings. The quantitative estimate of drug-likeness (QED) is 0.560. The van der Waals surface area contributed by atoms with Crippen molar-refractivity contribution in [1.82, 2.24) is 9.97 Å². The van der Waals surface area contributed by atoms with Gasteiger partial charge in [-0.3, -0.25) is 0 Å². The van der Waals surface area contributed by atoms with Gasteiger partial charge < -0.3 is 5.32 Å². The maximum atomic E-state index is 4.44. The molecule has 1 N–H and O–H groups in total. The van der Waals surface area contributed by atoms with Crippen LogP contribution in [-0.2, 0) is 12.8 Å². The minimum absolute atomic E-state index is 0. The van der Waals surface area contributed by atoms with Crippen molar-refractivity contribution in [2.24, 2.45) is 0 Å². The van der Waals surface area contributed by atoms with E-state index in [1.165, 1.54) is 39.5 Å². The molecule has 3 nitrogen and oxygen atoms in total. The molecule has 1 aromatic heterocycles. The molecule has 0 spiro atoms. The monoisotopic (exact) mass is 437 g/mol. The predicted molar refractivity (Wildman–Crippen MR) is 106 cm³/mol. The summed E-state index contributed by atoms with van der Waals surface area (Å²) in [7, 11) is 0. The van der Waals surface area contributed by atoms with E-state index in [1.807, 2.05) is 0 Å². The Hall–Kier alpha value is -1.40. The summed E-state index contributed by atoms with van der Waals surface area (Å²) < 4.78 is 1.19. The molecule has 0 radical (unpaired) electrons. The summed E-state index contributed by atoms with van der Waals surface area (Å²) in [5.41, 5.74) is 6.32. The van der Waals surface area contributed by atoms with Gasteiger partial charge in [0.2, 0.25) is 0 Å². The highest BCUT2D eigenvalue weighted by Crippen LogP contribution is 2.30. The summed E-state index contributed by atoms with van der Waals surface area (Å²) in [6.45, 7) is 2.11. The lowest BCUT2D eigenvalue weighted by molar-refractivity contribution is 0.912. The second kappa shape index (κ2) is 6.61. The highest BCUT2D eigenvalue weighted by atomic mass is 127. The molecule has 23 heavy (non-hydrogen) atoms. The maximum absolute atomic E-state index is 4.44. The number of aryl methyl sites for hydroxylation is 3. The third-order valence-electron chi connectivity index (χ3n) is 4.30. The van der Waals surface area contributed by atoms with Crippen LogP contribution in [0.1, 0.15) is 23.1 Å². The van der Waals surface area contributed by atoms with Crippen molar-refractivity contribution in [2.75, 3.05) is 5.32 Å². The number of rotatable bonds is 2. The van der Waals surface area contributed by atoms with Gasteiger partial charge in [-0.25, -0.2) is 9.97 Å². The second-order valence-corrected chi connectivity index (χ2v) is 6.86. The summed E-state index contributed by atoms with van der Waals surface area (Å²) in [5.74, 6) is 0.876. The van der Waals surface area contributed by atoms with E-state index in [0.29, 0.717) is 0 Å². The highest BCUT2D eigenvalue weighted by Gasteiger charge is 2.12. The van der Waals surface area contributed by atoms with Crippen LogP contribution in [0, 0.1) is 10.5 Å². The number of hydrogen-bond donors (Lipinski definition) is 1. The average Bonchev–Trinajstić information content (AvgIpc) is 2.99. The average molecular weight is 438 g/mol. The number of aromatic nitrogens is 2. The van der Waals surface area contributed by atoms with Gasteiger partial charge in [-0.05, 0) is 83.7 Å². The molecular weight excluding hydrogens is 421 g/mol. The Morgan fingerprint density at radius 3 is 2.74 bits per heavy atom. The van der Waals surface area contributed by atoms with Crippen LogP contribution in [0.3, 0.4) is 0 Å². The van der Waals surface area contributed by atoms with Crippen LogP contribution in [0.4, 0.5) is 11.5 Å². The first-order valence-electron chi connectivity index (χ1n) is 7.51. The van der Waals surface area contributed by atoms with Crippen molar-refractivity contribution in [3.63, 3.8) is 0 Å². The van der Waals surface area contributed by atoms with Gasteiger partial charge >= 0.3 is 0 Å². The third kappa shape index (κ3) is 3.02. The first-order valence-corrected chi connectivity index (χ1v) is 8.59. The molecule has 3 aromatic rings. The largest absolute Gasteiger partial charge is 0.340 e. The Labute approximate surface area is 155 Å². The van der Waals surface area contributed by atoms with E-state index in [-0.39, 0.29) is 12.4 Å². The fraction of sp³-hybridized carbons (Fsp3) is 0.222. The van der Waals surface area contributed by atoms with Gasteiger partial charge in [0.15, 0.2) is 0 Å². The van der Waals surface area contributed by atoms with Gasteiger partial charge in [-0.1, -0.05) is 12.1 Å². The van der Waals surface area contributed by atoms with Gasteiger partial charge in [0.05, 0.1) is 5.52 Å². The fourth-order valence-corrected chi connectivity index (χ4v) is 3.69. The Morgan fingerprint density at radius 2 is 1.87 bits per heavy atom. The van der Waals surface area contributed by atoms with Gasteiger partial charge in [0.1, 0.15) is 12.1 Å². The molecule has 1 aliphatic rings. The summed E-state index contributed by atoms with van der Waals surface area (Å²) in [6, 6.07) is 10.9. The molecule has 0 saturated heterocycles. The summed E-state index contributed by atoms with van der Waals surface area (Å²) in [6.07, 6.45) is 5.31. The molecule has 4 rings (SSSR count). The molecule has 5 heteroatoms. The standard InChI is InChI=1S/C18H16IN3.ClH/c1-11-5-8-15-17(16(11)19)20-10-21-18(15)22-14-7-6-12-3-2-4-13(12)9-14;/h5-10H,2-4H2,1H3,(H,20,21,22);1H. The number of hydrogen-bond acceptors (Lipinski definition) is 3. The molecule has 118 valence electrons. The number of nitrogens with one attached hydrogen (secondary N) is 1. The van der Waals surface area contributed by atoms with Crippen molar-refractivity contribution in [3.8, 4) is 0 Å². The number of fused-ring (bicyclic) bond motifs is 2. The van der Waals surface area contributed by atoms with E-state index in [4.69, 9.17) is 0 Å². The van der Waals surface area contributed by atoms with Crippen LogP contribution >= 0.6 is 35.0 Å². The zero-order valence-electron chi connectivity index (χ0n) is 12.8. The SMILES string of the molecule is Cc1ccc2c(Nc3ccc4c(c3)CCC4)ncnc2c1I.Cl. The molecular formula is C18H17ClIN3. The van der Waals surface area contributed by atoms with E-state index in [1.54, 1.807) is 6.33 Å². The van der Waals surface area contributed by atoms with E-state index < -0.39 is 0 Å². The highest BCUT2D eigenvalue weighted by molar-refractivity contribution is 14.1. The van der Waals surface area contributed by atoms with Crippen LogP contribution < -0.4 is 5.32 Å². The Balaban J connectivity index is 0.00000156. The molecule has 0 saturated carbocycles. The van der Waals surface area contributed by atoms with Crippen molar-refractivity contribution in [1.29, 1.82) is 0 Å². The predicted octanol–water partition coefficient (Wildman–Crippen LogP) is 5.20.